The summed E-state index contributed by atoms with van der Waals surface area (Å²) in [5, 5.41) is 9.00. The summed E-state index contributed by atoms with van der Waals surface area (Å²) in [7, 11) is 0. The van der Waals surface area contributed by atoms with Gasteiger partial charge in [0.2, 0.25) is 0 Å². The van der Waals surface area contributed by atoms with Crippen molar-refractivity contribution >= 4 is 5.78 Å². The molecule has 0 aliphatic heterocycles. The third-order valence-electron chi connectivity index (χ3n) is 4.18. The number of ketones is 1. The second-order valence-corrected chi connectivity index (χ2v) is 5.70. The van der Waals surface area contributed by atoms with E-state index in [0.29, 0.717) is 12.3 Å². The molecule has 2 heteroatoms. The van der Waals surface area contributed by atoms with E-state index in [1.54, 1.807) is 0 Å². The Morgan fingerprint density at radius 3 is 2.74 bits per heavy atom. The molecule has 100 valence electrons. The fraction of sp³-hybridized carbons (Fsp3) is 0.529. The molecule has 1 aliphatic carbocycles. The molecule has 1 aliphatic rings. The maximum absolute atomic E-state index is 12.7. The van der Waals surface area contributed by atoms with Crippen molar-refractivity contribution in [3.05, 3.63) is 35.9 Å². The molecule has 0 bridgehead atoms. The second kappa shape index (κ2) is 6.52. The summed E-state index contributed by atoms with van der Waals surface area (Å²) in [6, 6.07) is 11.9. The summed E-state index contributed by atoms with van der Waals surface area (Å²) in [5.74, 6) is 0.837. The van der Waals surface area contributed by atoms with Gasteiger partial charge in [0.1, 0.15) is 5.78 Å². The summed E-state index contributed by atoms with van der Waals surface area (Å²) in [6.07, 6.45) is 4.67. The van der Waals surface area contributed by atoms with Crippen LogP contribution in [0.5, 0.6) is 0 Å². The van der Waals surface area contributed by atoms with Gasteiger partial charge in [-0.2, -0.15) is 5.26 Å². The van der Waals surface area contributed by atoms with Gasteiger partial charge >= 0.3 is 0 Å². The molecule has 1 saturated carbocycles. The van der Waals surface area contributed by atoms with E-state index in [1.807, 2.05) is 30.3 Å². The molecular formula is C17H21NO. The second-order valence-electron chi connectivity index (χ2n) is 5.70. The quantitative estimate of drug-likeness (QED) is 0.813. The van der Waals surface area contributed by atoms with Crippen molar-refractivity contribution in [2.75, 3.05) is 0 Å². The number of benzene rings is 1. The molecule has 0 heterocycles. The molecule has 0 N–H and O–H groups in total. The normalized spacial score (nSPS) is 24.4. The summed E-state index contributed by atoms with van der Waals surface area (Å²) >= 11 is 0. The predicted molar refractivity (Wildman–Crippen MR) is 75.5 cm³/mol. The largest absolute Gasteiger partial charge is 0.299 e. The van der Waals surface area contributed by atoms with E-state index in [0.717, 1.165) is 24.8 Å². The van der Waals surface area contributed by atoms with Crippen molar-refractivity contribution in [3.8, 4) is 6.07 Å². The van der Waals surface area contributed by atoms with Crippen LogP contribution in [0.15, 0.2) is 30.3 Å². The maximum atomic E-state index is 12.7. The zero-order valence-corrected chi connectivity index (χ0v) is 11.5. The third kappa shape index (κ3) is 3.44. The Labute approximate surface area is 115 Å². The number of hydrogen-bond donors (Lipinski definition) is 0. The van der Waals surface area contributed by atoms with Crippen molar-refractivity contribution in [2.45, 2.75) is 44.9 Å². The van der Waals surface area contributed by atoms with E-state index in [1.165, 1.54) is 6.42 Å². The average molecular weight is 255 g/mol. The SMILES string of the molecule is CC1CCCC(C(=O)C(CC#N)c2ccccc2)C1. The number of rotatable bonds is 4. The fourth-order valence-electron chi connectivity index (χ4n) is 3.14. The number of hydrogen-bond acceptors (Lipinski definition) is 2. The Hall–Kier alpha value is -1.62. The van der Waals surface area contributed by atoms with Gasteiger partial charge in [0.25, 0.3) is 0 Å². The van der Waals surface area contributed by atoms with Crippen LogP contribution in [0.1, 0.15) is 50.5 Å². The number of Topliss-reactive ketones (excluding diaryl/α,β-unsaturated/α-hetero) is 1. The smallest absolute Gasteiger partial charge is 0.144 e. The van der Waals surface area contributed by atoms with E-state index in [-0.39, 0.29) is 17.6 Å². The number of carbonyl (C=O) groups is 1. The minimum atomic E-state index is -0.235. The first kappa shape index (κ1) is 13.8. The van der Waals surface area contributed by atoms with E-state index >= 15 is 0 Å². The molecule has 2 nitrogen and oxygen atoms in total. The third-order valence-corrected chi connectivity index (χ3v) is 4.18. The molecule has 19 heavy (non-hydrogen) atoms. The monoisotopic (exact) mass is 255 g/mol. The Balaban J connectivity index is 2.15. The van der Waals surface area contributed by atoms with Crippen LogP contribution in [0.4, 0.5) is 0 Å². The van der Waals surface area contributed by atoms with Gasteiger partial charge in [0.05, 0.1) is 12.0 Å². The van der Waals surface area contributed by atoms with Gasteiger partial charge in [-0.15, -0.1) is 0 Å². The first-order chi connectivity index (χ1) is 9.22. The van der Waals surface area contributed by atoms with Crippen molar-refractivity contribution in [3.63, 3.8) is 0 Å². The number of nitriles is 1. The van der Waals surface area contributed by atoms with Gasteiger partial charge in [-0.1, -0.05) is 50.1 Å². The fourth-order valence-corrected chi connectivity index (χ4v) is 3.14. The lowest BCUT2D eigenvalue weighted by Crippen LogP contribution is -2.26. The summed E-state index contributed by atoms with van der Waals surface area (Å²) < 4.78 is 0. The molecule has 0 aromatic heterocycles. The first-order valence-electron chi connectivity index (χ1n) is 7.18. The van der Waals surface area contributed by atoms with Crippen LogP contribution < -0.4 is 0 Å². The van der Waals surface area contributed by atoms with Gasteiger partial charge in [-0.3, -0.25) is 4.79 Å². The minimum Gasteiger partial charge on any atom is -0.299 e. The van der Waals surface area contributed by atoms with Gasteiger partial charge in [0, 0.05) is 12.3 Å². The maximum Gasteiger partial charge on any atom is 0.144 e. The summed E-state index contributed by atoms with van der Waals surface area (Å²) in [5.41, 5.74) is 0.993. The van der Waals surface area contributed by atoms with Gasteiger partial charge in [-0.05, 0) is 24.3 Å². The number of nitrogens with zero attached hydrogens (tertiary/aromatic N) is 1. The molecule has 1 aromatic rings. The highest BCUT2D eigenvalue weighted by Crippen LogP contribution is 2.34. The highest BCUT2D eigenvalue weighted by atomic mass is 16.1. The van der Waals surface area contributed by atoms with Crippen molar-refractivity contribution in [1.29, 1.82) is 5.26 Å². The van der Waals surface area contributed by atoms with E-state index in [2.05, 4.69) is 13.0 Å². The van der Waals surface area contributed by atoms with E-state index in [4.69, 9.17) is 5.26 Å². The summed E-state index contributed by atoms with van der Waals surface area (Å²) in [4.78, 5) is 12.7. The predicted octanol–water partition coefficient (Wildman–Crippen LogP) is 4.08. The zero-order chi connectivity index (χ0) is 13.7. The molecule has 0 spiro atoms. The standard InChI is InChI=1S/C17H21NO/c1-13-6-5-9-15(12-13)17(19)16(10-11-18)14-7-3-2-4-8-14/h2-4,7-8,13,15-16H,5-6,9-10,12H2,1H3. The molecule has 0 radical (unpaired) electrons. The van der Waals surface area contributed by atoms with Gasteiger partial charge in [0.15, 0.2) is 0 Å². The molecule has 0 saturated heterocycles. The van der Waals surface area contributed by atoms with Crippen molar-refractivity contribution in [1.82, 2.24) is 0 Å². The Morgan fingerprint density at radius 2 is 2.11 bits per heavy atom. The molecule has 3 atom stereocenters. The van der Waals surface area contributed by atoms with Crippen LogP contribution >= 0.6 is 0 Å². The van der Waals surface area contributed by atoms with Crippen LogP contribution in [0.2, 0.25) is 0 Å². The topological polar surface area (TPSA) is 40.9 Å². The Kier molecular flexibility index (Phi) is 4.74. The molecule has 3 unspecified atom stereocenters. The lowest BCUT2D eigenvalue weighted by molar-refractivity contribution is -0.125. The van der Waals surface area contributed by atoms with E-state index < -0.39 is 0 Å². The van der Waals surface area contributed by atoms with Crippen LogP contribution in [0, 0.1) is 23.2 Å². The zero-order valence-electron chi connectivity index (χ0n) is 11.5. The highest BCUT2D eigenvalue weighted by Gasteiger charge is 2.30. The van der Waals surface area contributed by atoms with Crippen molar-refractivity contribution in [2.24, 2.45) is 11.8 Å². The minimum absolute atomic E-state index is 0.155. The van der Waals surface area contributed by atoms with Crippen LogP contribution in [0.25, 0.3) is 0 Å². The molecule has 1 fully saturated rings. The van der Waals surface area contributed by atoms with Crippen LogP contribution in [-0.4, -0.2) is 5.78 Å². The van der Waals surface area contributed by atoms with Crippen LogP contribution in [-0.2, 0) is 4.79 Å². The lowest BCUT2D eigenvalue weighted by atomic mass is 9.75. The van der Waals surface area contributed by atoms with Gasteiger partial charge < -0.3 is 0 Å². The molecule has 1 aromatic carbocycles. The number of carbonyl (C=O) groups excluding carboxylic acids is 1. The summed E-state index contributed by atoms with van der Waals surface area (Å²) in [6.45, 7) is 2.22. The first-order valence-corrected chi connectivity index (χ1v) is 7.18. The molecular weight excluding hydrogens is 234 g/mol. The molecule has 2 rings (SSSR count). The van der Waals surface area contributed by atoms with Crippen molar-refractivity contribution < 1.29 is 4.79 Å². The Bertz CT molecular complexity index is 460. The average Bonchev–Trinajstić information content (AvgIpc) is 2.45. The lowest BCUT2D eigenvalue weighted by Gasteiger charge is -2.28. The Morgan fingerprint density at radius 1 is 1.37 bits per heavy atom. The highest BCUT2D eigenvalue weighted by molar-refractivity contribution is 5.88. The van der Waals surface area contributed by atoms with Gasteiger partial charge in [-0.25, -0.2) is 0 Å². The van der Waals surface area contributed by atoms with E-state index in [9.17, 15) is 4.79 Å². The molecule has 0 amide bonds. The van der Waals surface area contributed by atoms with Crippen LogP contribution in [0.3, 0.4) is 0 Å².